The standard InChI is InChI=1S/C18H20N4.C4H10.C2H6/c1-13(19)15-8-5-9-16(12-15)22-18(21)11-10-17(20)14-6-3-2-4-7-14;1-3-4-2;1-2/h2-12,22H,1,19-21H2;3-4H2,1-2H3;1-2H3/b17-10-,18-11+;;. The monoisotopic (exact) mass is 380 g/mol. The molecule has 7 N–H and O–H groups in total. The summed E-state index contributed by atoms with van der Waals surface area (Å²) in [6, 6.07) is 17.3. The van der Waals surface area contributed by atoms with E-state index in [1.54, 1.807) is 12.2 Å². The quantitative estimate of drug-likeness (QED) is 0.487. The minimum absolute atomic E-state index is 0.485. The van der Waals surface area contributed by atoms with Crippen molar-refractivity contribution in [3.05, 3.63) is 90.3 Å². The van der Waals surface area contributed by atoms with Crippen molar-refractivity contribution >= 4 is 17.1 Å². The number of rotatable bonds is 6. The highest BCUT2D eigenvalue weighted by molar-refractivity contribution is 5.66. The van der Waals surface area contributed by atoms with Gasteiger partial charge < -0.3 is 22.5 Å². The molecule has 152 valence electrons. The number of hydrogen-bond donors (Lipinski definition) is 4. The molecule has 0 unspecified atom stereocenters. The van der Waals surface area contributed by atoms with E-state index in [-0.39, 0.29) is 0 Å². The van der Waals surface area contributed by atoms with E-state index in [0.29, 0.717) is 17.2 Å². The Balaban J connectivity index is 0.00000108. The lowest BCUT2D eigenvalue weighted by atomic mass is 10.1. The van der Waals surface area contributed by atoms with Crippen LogP contribution in [0.25, 0.3) is 11.4 Å². The van der Waals surface area contributed by atoms with Gasteiger partial charge in [-0.05, 0) is 35.4 Å². The molecular weight excluding hydrogens is 344 g/mol. The first kappa shape index (κ1) is 24.9. The van der Waals surface area contributed by atoms with E-state index in [1.807, 2.05) is 68.4 Å². The Hall–Kier alpha value is -3.14. The zero-order valence-electron chi connectivity index (χ0n) is 17.7. The Labute approximate surface area is 170 Å². The van der Waals surface area contributed by atoms with Crippen molar-refractivity contribution in [1.82, 2.24) is 0 Å². The van der Waals surface area contributed by atoms with Crippen molar-refractivity contribution in [2.24, 2.45) is 17.2 Å². The lowest BCUT2D eigenvalue weighted by molar-refractivity contribution is 0.886. The molecule has 0 atom stereocenters. The Bertz CT molecular complexity index is 744. The van der Waals surface area contributed by atoms with Gasteiger partial charge in [0.2, 0.25) is 0 Å². The molecule has 0 fully saturated rings. The molecule has 0 radical (unpaired) electrons. The number of benzene rings is 2. The minimum atomic E-state index is 0.485. The molecule has 2 aromatic rings. The van der Waals surface area contributed by atoms with Crippen molar-refractivity contribution in [1.29, 1.82) is 0 Å². The molecule has 0 aliphatic carbocycles. The molecule has 0 saturated carbocycles. The van der Waals surface area contributed by atoms with E-state index < -0.39 is 0 Å². The number of hydrogen-bond acceptors (Lipinski definition) is 4. The van der Waals surface area contributed by atoms with Gasteiger partial charge in [0.15, 0.2) is 0 Å². The number of nitrogens with one attached hydrogen (secondary N) is 1. The van der Waals surface area contributed by atoms with Crippen LogP contribution in [0.5, 0.6) is 0 Å². The Morgan fingerprint density at radius 3 is 1.96 bits per heavy atom. The maximum Gasteiger partial charge on any atom is 0.101 e. The molecule has 0 aliphatic rings. The van der Waals surface area contributed by atoms with Crippen LogP contribution in [-0.4, -0.2) is 0 Å². The summed E-state index contributed by atoms with van der Waals surface area (Å²) in [7, 11) is 0. The van der Waals surface area contributed by atoms with Gasteiger partial charge in [0.1, 0.15) is 5.82 Å². The summed E-state index contributed by atoms with van der Waals surface area (Å²) < 4.78 is 0. The highest BCUT2D eigenvalue weighted by Crippen LogP contribution is 2.15. The normalized spacial score (nSPS) is 10.7. The van der Waals surface area contributed by atoms with Gasteiger partial charge in [0.25, 0.3) is 0 Å². The average Bonchev–Trinajstić information content (AvgIpc) is 2.74. The second-order valence-electron chi connectivity index (χ2n) is 5.84. The zero-order chi connectivity index (χ0) is 21.4. The highest BCUT2D eigenvalue weighted by Gasteiger charge is 1.98. The first-order chi connectivity index (χ1) is 13.5. The SMILES string of the molecule is C=C(N)c1cccc(N/C(N)=C/C=C(\N)c2ccccc2)c1.CC.CCCC. The number of allylic oxidation sites excluding steroid dienone is 2. The van der Waals surface area contributed by atoms with Crippen LogP contribution in [0.2, 0.25) is 0 Å². The fraction of sp³-hybridized carbons (Fsp3) is 0.250. The molecule has 0 heterocycles. The van der Waals surface area contributed by atoms with Crippen LogP contribution >= 0.6 is 0 Å². The molecule has 0 spiro atoms. The van der Waals surface area contributed by atoms with E-state index in [1.165, 1.54) is 12.8 Å². The van der Waals surface area contributed by atoms with Crippen LogP contribution in [0.15, 0.2) is 79.1 Å². The van der Waals surface area contributed by atoms with E-state index in [9.17, 15) is 0 Å². The van der Waals surface area contributed by atoms with E-state index >= 15 is 0 Å². The van der Waals surface area contributed by atoms with Gasteiger partial charge in [-0.15, -0.1) is 0 Å². The summed E-state index contributed by atoms with van der Waals surface area (Å²) in [6.07, 6.45) is 6.13. The second kappa shape index (κ2) is 15.0. The van der Waals surface area contributed by atoms with Crippen LogP contribution in [0.1, 0.15) is 51.7 Å². The van der Waals surface area contributed by atoms with Crippen LogP contribution in [-0.2, 0) is 0 Å². The van der Waals surface area contributed by atoms with Gasteiger partial charge in [-0.3, -0.25) is 0 Å². The third kappa shape index (κ3) is 10.1. The van der Waals surface area contributed by atoms with Crippen LogP contribution in [0.3, 0.4) is 0 Å². The van der Waals surface area contributed by atoms with Gasteiger partial charge in [0.05, 0.1) is 0 Å². The van der Waals surface area contributed by atoms with Gasteiger partial charge in [-0.25, -0.2) is 0 Å². The average molecular weight is 381 g/mol. The molecule has 0 aliphatic heterocycles. The Morgan fingerprint density at radius 1 is 0.857 bits per heavy atom. The summed E-state index contributed by atoms with van der Waals surface area (Å²) in [5.74, 6) is 0.485. The second-order valence-corrected chi connectivity index (χ2v) is 5.84. The fourth-order valence-electron chi connectivity index (χ4n) is 1.91. The van der Waals surface area contributed by atoms with Crippen LogP contribution < -0.4 is 22.5 Å². The summed E-state index contributed by atoms with van der Waals surface area (Å²) in [4.78, 5) is 0. The minimum Gasteiger partial charge on any atom is -0.399 e. The van der Waals surface area contributed by atoms with Gasteiger partial charge >= 0.3 is 0 Å². The van der Waals surface area contributed by atoms with Crippen molar-refractivity contribution < 1.29 is 0 Å². The molecule has 0 bridgehead atoms. The van der Waals surface area contributed by atoms with E-state index in [0.717, 1.165) is 16.8 Å². The summed E-state index contributed by atoms with van der Waals surface area (Å²) >= 11 is 0. The molecule has 2 aromatic carbocycles. The van der Waals surface area contributed by atoms with Gasteiger partial charge in [-0.1, -0.05) is 89.6 Å². The van der Waals surface area contributed by atoms with Crippen LogP contribution in [0, 0.1) is 0 Å². The van der Waals surface area contributed by atoms with Crippen molar-refractivity contribution in [2.45, 2.75) is 40.5 Å². The largest absolute Gasteiger partial charge is 0.399 e. The van der Waals surface area contributed by atoms with Crippen LogP contribution in [0.4, 0.5) is 5.69 Å². The van der Waals surface area contributed by atoms with Crippen molar-refractivity contribution in [3.63, 3.8) is 0 Å². The third-order valence-electron chi connectivity index (χ3n) is 3.57. The first-order valence-electron chi connectivity index (χ1n) is 9.78. The number of nitrogens with two attached hydrogens (primary N) is 3. The third-order valence-corrected chi connectivity index (χ3v) is 3.57. The van der Waals surface area contributed by atoms with E-state index in [2.05, 4.69) is 25.7 Å². The lowest BCUT2D eigenvalue weighted by Crippen LogP contribution is -2.09. The fourth-order valence-corrected chi connectivity index (χ4v) is 1.91. The molecular formula is C24H36N4. The van der Waals surface area contributed by atoms with Crippen molar-refractivity contribution in [3.8, 4) is 0 Å². The highest BCUT2D eigenvalue weighted by atomic mass is 15.0. The Morgan fingerprint density at radius 2 is 1.43 bits per heavy atom. The molecule has 4 nitrogen and oxygen atoms in total. The molecule has 4 heteroatoms. The lowest BCUT2D eigenvalue weighted by Gasteiger charge is -2.08. The summed E-state index contributed by atoms with van der Waals surface area (Å²) in [5.41, 5.74) is 21.5. The molecule has 0 amide bonds. The van der Waals surface area contributed by atoms with Gasteiger partial charge in [-0.2, -0.15) is 0 Å². The maximum absolute atomic E-state index is 6.01. The molecule has 0 aromatic heterocycles. The smallest absolute Gasteiger partial charge is 0.101 e. The first-order valence-corrected chi connectivity index (χ1v) is 9.78. The van der Waals surface area contributed by atoms with Crippen molar-refractivity contribution in [2.75, 3.05) is 5.32 Å². The topological polar surface area (TPSA) is 90.1 Å². The Kier molecular flexibility index (Phi) is 13.3. The number of anilines is 1. The molecule has 0 saturated heterocycles. The van der Waals surface area contributed by atoms with E-state index in [4.69, 9.17) is 17.2 Å². The predicted octanol–water partition coefficient (Wildman–Crippen LogP) is 5.66. The molecule has 28 heavy (non-hydrogen) atoms. The maximum atomic E-state index is 6.01. The predicted molar refractivity (Wildman–Crippen MR) is 126 cm³/mol. The molecule has 2 rings (SSSR count). The summed E-state index contributed by atoms with van der Waals surface area (Å²) in [6.45, 7) is 12.1. The zero-order valence-corrected chi connectivity index (χ0v) is 17.7. The summed E-state index contributed by atoms with van der Waals surface area (Å²) in [5, 5.41) is 3.09. The van der Waals surface area contributed by atoms with Gasteiger partial charge in [0, 0.05) is 17.1 Å². The number of unbranched alkanes of at least 4 members (excludes halogenated alkanes) is 1.